The van der Waals surface area contributed by atoms with E-state index < -0.39 is 0 Å². The second-order valence-corrected chi connectivity index (χ2v) is 4.52. The third-order valence-corrected chi connectivity index (χ3v) is 2.77. The molecule has 0 aromatic heterocycles. The van der Waals surface area contributed by atoms with Crippen molar-refractivity contribution in [1.29, 1.82) is 0 Å². The van der Waals surface area contributed by atoms with Crippen LogP contribution in [0, 0.1) is 6.92 Å². The zero-order valence-electron chi connectivity index (χ0n) is 9.83. The highest BCUT2D eigenvalue weighted by molar-refractivity contribution is 5.37. The minimum absolute atomic E-state index is 0.236. The molecule has 0 amide bonds. The molecule has 1 rings (SSSR count). The average molecular weight is 207 g/mol. The van der Waals surface area contributed by atoms with Crippen LogP contribution in [0.5, 0.6) is 5.75 Å². The Balaban J connectivity index is 2.72. The molecule has 3 N–H and O–H groups in total. The van der Waals surface area contributed by atoms with Crippen molar-refractivity contribution in [2.45, 2.75) is 45.6 Å². The summed E-state index contributed by atoms with van der Waals surface area (Å²) in [7, 11) is 0. The molecule has 84 valence electrons. The van der Waals surface area contributed by atoms with Gasteiger partial charge < -0.3 is 10.8 Å². The maximum absolute atomic E-state index is 9.74. The fraction of sp³-hybridized carbons (Fsp3) is 0.538. The van der Waals surface area contributed by atoms with Gasteiger partial charge in [0.05, 0.1) is 0 Å². The monoisotopic (exact) mass is 207 g/mol. The molecule has 2 atom stereocenters. The molecule has 0 aliphatic heterocycles. The Kier molecular flexibility index (Phi) is 4.15. The third-order valence-electron chi connectivity index (χ3n) is 2.77. The molecule has 15 heavy (non-hydrogen) atoms. The summed E-state index contributed by atoms with van der Waals surface area (Å²) in [6.07, 6.45) is 2.02. The van der Waals surface area contributed by atoms with Gasteiger partial charge in [-0.25, -0.2) is 0 Å². The summed E-state index contributed by atoms with van der Waals surface area (Å²) in [6.45, 7) is 6.20. The minimum atomic E-state index is 0.236. The lowest BCUT2D eigenvalue weighted by Crippen LogP contribution is -2.15. The Morgan fingerprint density at radius 3 is 2.53 bits per heavy atom. The lowest BCUT2D eigenvalue weighted by Gasteiger charge is -2.15. The Morgan fingerprint density at radius 2 is 1.93 bits per heavy atom. The predicted octanol–water partition coefficient (Wildman–Crippen LogP) is 2.93. The first-order chi connectivity index (χ1) is 7.00. The Hall–Kier alpha value is -1.02. The van der Waals surface area contributed by atoms with E-state index in [1.807, 2.05) is 19.9 Å². The maximum atomic E-state index is 9.74. The van der Waals surface area contributed by atoms with Crippen LogP contribution in [0.1, 0.15) is 43.7 Å². The van der Waals surface area contributed by atoms with E-state index in [2.05, 4.69) is 13.0 Å². The molecule has 0 aliphatic carbocycles. The molecule has 1 aromatic rings. The summed E-state index contributed by atoms with van der Waals surface area (Å²) in [4.78, 5) is 0. The van der Waals surface area contributed by atoms with Gasteiger partial charge in [0.25, 0.3) is 0 Å². The number of hydrogen-bond donors (Lipinski definition) is 2. The highest BCUT2D eigenvalue weighted by Crippen LogP contribution is 2.29. The SMILES string of the molecule is Cc1ccc(O)c(C(C)CCC(C)N)c1. The molecular weight excluding hydrogens is 186 g/mol. The van der Waals surface area contributed by atoms with Crippen molar-refractivity contribution in [2.75, 3.05) is 0 Å². The van der Waals surface area contributed by atoms with Crippen molar-refractivity contribution in [3.05, 3.63) is 29.3 Å². The molecule has 0 radical (unpaired) electrons. The molecule has 0 saturated carbocycles. The second kappa shape index (κ2) is 5.17. The van der Waals surface area contributed by atoms with E-state index in [1.165, 1.54) is 5.56 Å². The molecule has 2 nitrogen and oxygen atoms in total. The van der Waals surface area contributed by atoms with Gasteiger partial charge in [-0.2, -0.15) is 0 Å². The molecule has 1 aromatic carbocycles. The van der Waals surface area contributed by atoms with Crippen LogP contribution in [0.15, 0.2) is 18.2 Å². The lowest BCUT2D eigenvalue weighted by atomic mass is 9.93. The normalized spacial score (nSPS) is 14.9. The number of nitrogens with two attached hydrogens (primary N) is 1. The number of aryl methyl sites for hydroxylation is 1. The van der Waals surface area contributed by atoms with E-state index in [0.29, 0.717) is 11.7 Å². The van der Waals surface area contributed by atoms with E-state index >= 15 is 0 Å². The number of benzene rings is 1. The van der Waals surface area contributed by atoms with Crippen LogP contribution in [-0.4, -0.2) is 11.1 Å². The van der Waals surface area contributed by atoms with Crippen molar-refractivity contribution in [1.82, 2.24) is 0 Å². The van der Waals surface area contributed by atoms with Crippen LogP contribution in [-0.2, 0) is 0 Å². The van der Waals surface area contributed by atoms with Crippen molar-refractivity contribution in [3.63, 3.8) is 0 Å². The topological polar surface area (TPSA) is 46.2 Å². The van der Waals surface area contributed by atoms with Crippen molar-refractivity contribution < 1.29 is 5.11 Å². The van der Waals surface area contributed by atoms with E-state index in [1.54, 1.807) is 6.07 Å². The lowest BCUT2D eigenvalue weighted by molar-refractivity contribution is 0.456. The zero-order chi connectivity index (χ0) is 11.4. The number of aromatic hydroxyl groups is 1. The van der Waals surface area contributed by atoms with Crippen molar-refractivity contribution >= 4 is 0 Å². The Bertz CT molecular complexity index is 320. The molecule has 2 heteroatoms. The van der Waals surface area contributed by atoms with Gasteiger partial charge in [0.15, 0.2) is 0 Å². The van der Waals surface area contributed by atoms with Gasteiger partial charge in [0.1, 0.15) is 5.75 Å². The maximum Gasteiger partial charge on any atom is 0.119 e. The first kappa shape index (κ1) is 12.1. The highest BCUT2D eigenvalue weighted by Gasteiger charge is 2.11. The molecule has 0 heterocycles. The Morgan fingerprint density at radius 1 is 1.27 bits per heavy atom. The van der Waals surface area contributed by atoms with Crippen LogP contribution < -0.4 is 5.73 Å². The van der Waals surface area contributed by atoms with Crippen molar-refractivity contribution in [2.24, 2.45) is 5.73 Å². The summed E-state index contributed by atoms with van der Waals surface area (Å²) in [5.41, 5.74) is 7.95. The highest BCUT2D eigenvalue weighted by atomic mass is 16.3. The van der Waals surface area contributed by atoms with E-state index in [-0.39, 0.29) is 6.04 Å². The van der Waals surface area contributed by atoms with Gasteiger partial charge in [-0.3, -0.25) is 0 Å². The standard InChI is InChI=1S/C13H21NO/c1-9-4-7-13(15)12(8-9)10(2)5-6-11(3)14/h4,7-8,10-11,15H,5-6,14H2,1-3H3. The van der Waals surface area contributed by atoms with E-state index in [0.717, 1.165) is 18.4 Å². The van der Waals surface area contributed by atoms with Gasteiger partial charge in [-0.1, -0.05) is 24.6 Å². The van der Waals surface area contributed by atoms with Crippen LogP contribution in [0.25, 0.3) is 0 Å². The van der Waals surface area contributed by atoms with Crippen LogP contribution in [0.4, 0.5) is 0 Å². The summed E-state index contributed by atoms with van der Waals surface area (Å²) in [6, 6.07) is 5.99. The summed E-state index contributed by atoms with van der Waals surface area (Å²) >= 11 is 0. The van der Waals surface area contributed by atoms with Crippen LogP contribution in [0.2, 0.25) is 0 Å². The molecule has 0 saturated heterocycles. The van der Waals surface area contributed by atoms with Crippen LogP contribution in [0.3, 0.4) is 0 Å². The molecule has 0 aliphatic rings. The molecule has 0 bridgehead atoms. The minimum Gasteiger partial charge on any atom is -0.508 e. The largest absolute Gasteiger partial charge is 0.508 e. The van der Waals surface area contributed by atoms with Gasteiger partial charge in [0.2, 0.25) is 0 Å². The number of phenolic OH excluding ortho intramolecular Hbond substituents is 1. The van der Waals surface area contributed by atoms with E-state index in [9.17, 15) is 5.11 Å². The quantitative estimate of drug-likeness (QED) is 0.797. The van der Waals surface area contributed by atoms with Crippen LogP contribution >= 0.6 is 0 Å². The summed E-state index contributed by atoms with van der Waals surface area (Å²) < 4.78 is 0. The van der Waals surface area contributed by atoms with Gasteiger partial charge in [-0.15, -0.1) is 0 Å². The smallest absolute Gasteiger partial charge is 0.119 e. The third kappa shape index (κ3) is 3.56. The Labute approximate surface area is 92.1 Å². The second-order valence-electron chi connectivity index (χ2n) is 4.52. The first-order valence-corrected chi connectivity index (χ1v) is 5.55. The molecule has 0 spiro atoms. The average Bonchev–Trinajstić information content (AvgIpc) is 2.18. The fourth-order valence-electron chi connectivity index (χ4n) is 1.74. The van der Waals surface area contributed by atoms with E-state index in [4.69, 9.17) is 5.73 Å². The summed E-state index contributed by atoms with van der Waals surface area (Å²) in [5.74, 6) is 0.772. The first-order valence-electron chi connectivity index (χ1n) is 5.55. The van der Waals surface area contributed by atoms with Crippen molar-refractivity contribution in [3.8, 4) is 5.75 Å². The zero-order valence-corrected chi connectivity index (χ0v) is 9.83. The van der Waals surface area contributed by atoms with Gasteiger partial charge >= 0.3 is 0 Å². The number of rotatable bonds is 4. The fourth-order valence-corrected chi connectivity index (χ4v) is 1.74. The van der Waals surface area contributed by atoms with Gasteiger partial charge in [-0.05, 0) is 44.2 Å². The molecular formula is C13H21NO. The van der Waals surface area contributed by atoms with Gasteiger partial charge in [0, 0.05) is 6.04 Å². The predicted molar refractivity (Wildman–Crippen MR) is 64.1 cm³/mol. The summed E-state index contributed by atoms with van der Waals surface area (Å²) in [5, 5.41) is 9.74. The molecule has 2 unspecified atom stereocenters. The molecule has 0 fully saturated rings. The number of phenols is 1. The number of hydrogen-bond acceptors (Lipinski definition) is 2.